The standard InChI is InChI=1S/C23H49NO8SSi/c1-5-6-7-8-9-10-11-12-13-20-32-23(25)16-19-24(17-14-21-33(26,27)28)18-15-22-34(29-2,30-3)31-4/h5-22H2,1-4H3,(H,26,27,28). The molecule has 0 saturated carbocycles. The molecule has 0 aromatic carbocycles. The Morgan fingerprint density at radius 3 is 1.85 bits per heavy atom. The lowest BCUT2D eigenvalue weighted by molar-refractivity contribution is -0.144. The maximum atomic E-state index is 12.2. The van der Waals surface area contributed by atoms with E-state index in [1.165, 1.54) is 44.9 Å². The van der Waals surface area contributed by atoms with E-state index in [0.717, 1.165) is 12.8 Å². The van der Waals surface area contributed by atoms with Crippen LogP contribution in [0, 0.1) is 0 Å². The van der Waals surface area contributed by atoms with Crippen LogP contribution in [0.1, 0.15) is 84.0 Å². The van der Waals surface area contributed by atoms with E-state index >= 15 is 0 Å². The molecule has 0 heterocycles. The first-order chi connectivity index (χ1) is 16.2. The van der Waals surface area contributed by atoms with Gasteiger partial charge in [0.2, 0.25) is 0 Å². The maximum absolute atomic E-state index is 12.2. The highest BCUT2D eigenvalue weighted by molar-refractivity contribution is 7.85. The lowest BCUT2D eigenvalue weighted by Gasteiger charge is -2.26. The van der Waals surface area contributed by atoms with Gasteiger partial charge in [0.25, 0.3) is 10.1 Å². The predicted molar refractivity (Wildman–Crippen MR) is 136 cm³/mol. The second-order valence-electron chi connectivity index (χ2n) is 8.68. The third-order valence-electron chi connectivity index (χ3n) is 5.91. The molecule has 0 radical (unpaired) electrons. The second-order valence-corrected chi connectivity index (χ2v) is 13.3. The highest BCUT2D eigenvalue weighted by atomic mass is 32.2. The Kier molecular flexibility index (Phi) is 20.3. The van der Waals surface area contributed by atoms with Crippen molar-refractivity contribution in [2.24, 2.45) is 0 Å². The van der Waals surface area contributed by atoms with Crippen LogP contribution in [0.25, 0.3) is 0 Å². The lowest BCUT2D eigenvalue weighted by atomic mass is 10.1. The zero-order valence-electron chi connectivity index (χ0n) is 21.9. The minimum Gasteiger partial charge on any atom is -0.466 e. The van der Waals surface area contributed by atoms with Gasteiger partial charge in [-0.3, -0.25) is 9.35 Å². The third kappa shape index (κ3) is 18.7. The summed E-state index contributed by atoms with van der Waals surface area (Å²) in [6.07, 6.45) is 12.1. The van der Waals surface area contributed by atoms with Gasteiger partial charge in [0.1, 0.15) is 0 Å². The topological polar surface area (TPSA) is 112 Å². The molecule has 0 bridgehead atoms. The Balaban J connectivity index is 4.24. The molecule has 0 aliphatic carbocycles. The molecule has 0 rings (SSSR count). The van der Waals surface area contributed by atoms with E-state index in [1.54, 1.807) is 21.3 Å². The molecule has 0 aliphatic rings. The van der Waals surface area contributed by atoms with Gasteiger partial charge in [-0.25, -0.2) is 0 Å². The molecule has 0 aromatic rings. The van der Waals surface area contributed by atoms with Gasteiger partial charge >= 0.3 is 14.8 Å². The van der Waals surface area contributed by atoms with Crippen molar-refractivity contribution in [1.29, 1.82) is 0 Å². The number of nitrogens with zero attached hydrogens (tertiary/aromatic N) is 1. The molecule has 0 spiro atoms. The van der Waals surface area contributed by atoms with Crippen LogP contribution in [0.4, 0.5) is 0 Å². The van der Waals surface area contributed by atoms with Crippen LogP contribution in [-0.2, 0) is 32.9 Å². The summed E-state index contributed by atoms with van der Waals surface area (Å²) in [7, 11) is -2.00. The second kappa shape index (κ2) is 20.6. The number of rotatable bonds is 24. The van der Waals surface area contributed by atoms with Gasteiger partial charge in [0.15, 0.2) is 0 Å². The van der Waals surface area contributed by atoms with Gasteiger partial charge in [-0.15, -0.1) is 0 Å². The van der Waals surface area contributed by atoms with Gasteiger partial charge in [-0.05, 0) is 32.4 Å². The van der Waals surface area contributed by atoms with E-state index in [-0.39, 0.29) is 24.6 Å². The molecular weight excluding hydrogens is 478 g/mol. The Hall–Kier alpha value is -0.563. The molecule has 0 fully saturated rings. The van der Waals surface area contributed by atoms with E-state index in [2.05, 4.69) is 6.92 Å². The summed E-state index contributed by atoms with van der Waals surface area (Å²) in [5, 5.41) is 0. The summed E-state index contributed by atoms with van der Waals surface area (Å²) in [5.41, 5.74) is 0. The Morgan fingerprint density at radius 1 is 0.794 bits per heavy atom. The first kappa shape index (κ1) is 33.4. The molecule has 0 aliphatic heterocycles. The first-order valence-electron chi connectivity index (χ1n) is 12.7. The van der Waals surface area contributed by atoms with Gasteiger partial charge in [-0.1, -0.05) is 58.3 Å². The number of esters is 1. The van der Waals surface area contributed by atoms with E-state index in [4.69, 9.17) is 22.6 Å². The van der Waals surface area contributed by atoms with Crippen LogP contribution >= 0.6 is 0 Å². The monoisotopic (exact) mass is 527 g/mol. The number of hydrogen-bond donors (Lipinski definition) is 1. The number of ether oxygens (including phenoxy) is 1. The summed E-state index contributed by atoms with van der Waals surface area (Å²) in [6.45, 7) is 4.21. The lowest BCUT2D eigenvalue weighted by Crippen LogP contribution is -2.43. The molecule has 9 nitrogen and oxygen atoms in total. The molecule has 0 aromatic heterocycles. The summed E-state index contributed by atoms with van der Waals surface area (Å²) in [5.74, 6) is -0.548. The summed E-state index contributed by atoms with van der Waals surface area (Å²) in [6, 6.07) is 0.606. The number of unbranched alkanes of at least 4 members (excludes halogenated alkanes) is 8. The average Bonchev–Trinajstić information content (AvgIpc) is 2.80. The minimum atomic E-state index is -4.01. The Labute approximate surface area is 209 Å². The van der Waals surface area contributed by atoms with Crippen molar-refractivity contribution in [2.75, 3.05) is 53.3 Å². The van der Waals surface area contributed by atoms with Gasteiger partial charge in [0, 0.05) is 33.9 Å². The summed E-state index contributed by atoms with van der Waals surface area (Å²) < 4.78 is 52.7. The fourth-order valence-electron chi connectivity index (χ4n) is 3.80. The van der Waals surface area contributed by atoms with Crippen LogP contribution in [0.2, 0.25) is 6.04 Å². The molecule has 0 atom stereocenters. The molecule has 204 valence electrons. The van der Waals surface area contributed by atoms with E-state index < -0.39 is 18.9 Å². The third-order valence-corrected chi connectivity index (χ3v) is 9.55. The van der Waals surface area contributed by atoms with Gasteiger partial charge in [-0.2, -0.15) is 8.42 Å². The highest BCUT2D eigenvalue weighted by Crippen LogP contribution is 2.16. The van der Waals surface area contributed by atoms with Crippen molar-refractivity contribution in [2.45, 2.75) is 90.0 Å². The number of hydrogen-bond acceptors (Lipinski definition) is 8. The van der Waals surface area contributed by atoms with E-state index in [0.29, 0.717) is 38.7 Å². The highest BCUT2D eigenvalue weighted by Gasteiger charge is 2.37. The first-order valence-corrected chi connectivity index (χ1v) is 16.2. The van der Waals surface area contributed by atoms with Crippen LogP contribution < -0.4 is 0 Å². The predicted octanol–water partition coefficient (Wildman–Crippen LogP) is 4.30. The molecule has 11 heteroatoms. The van der Waals surface area contributed by atoms with Gasteiger partial charge in [0.05, 0.1) is 18.8 Å². The molecule has 0 saturated heterocycles. The van der Waals surface area contributed by atoms with Crippen molar-refractivity contribution in [3.8, 4) is 0 Å². The van der Waals surface area contributed by atoms with Crippen LogP contribution in [-0.4, -0.2) is 86.0 Å². The van der Waals surface area contributed by atoms with Crippen LogP contribution in [0.3, 0.4) is 0 Å². The normalized spacial score (nSPS) is 12.4. The fraction of sp³-hybridized carbons (Fsp3) is 0.957. The van der Waals surface area contributed by atoms with E-state index in [1.807, 2.05) is 4.90 Å². The smallest absolute Gasteiger partial charge is 0.466 e. The van der Waals surface area contributed by atoms with E-state index in [9.17, 15) is 13.2 Å². The molecule has 1 N–H and O–H groups in total. The molecule has 0 unspecified atom stereocenters. The number of carbonyl (C=O) groups excluding carboxylic acids is 1. The zero-order chi connectivity index (χ0) is 25.7. The Bertz CT molecular complexity index is 594. The largest absolute Gasteiger partial charge is 0.500 e. The van der Waals surface area contributed by atoms with Gasteiger partial charge < -0.3 is 22.9 Å². The molecule has 34 heavy (non-hydrogen) atoms. The van der Waals surface area contributed by atoms with Crippen molar-refractivity contribution in [3.05, 3.63) is 0 Å². The Morgan fingerprint density at radius 2 is 1.32 bits per heavy atom. The zero-order valence-corrected chi connectivity index (χ0v) is 23.7. The van der Waals surface area contributed by atoms with Crippen LogP contribution in [0.5, 0.6) is 0 Å². The average molecular weight is 528 g/mol. The summed E-state index contributed by atoms with van der Waals surface area (Å²) in [4.78, 5) is 14.2. The maximum Gasteiger partial charge on any atom is 0.500 e. The molecular formula is C23H49NO8SSi. The molecule has 0 amide bonds. The van der Waals surface area contributed by atoms with Crippen molar-refractivity contribution in [1.82, 2.24) is 4.90 Å². The van der Waals surface area contributed by atoms with Crippen molar-refractivity contribution >= 4 is 24.9 Å². The minimum absolute atomic E-state index is 0.241. The van der Waals surface area contributed by atoms with Crippen molar-refractivity contribution < 1.29 is 35.8 Å². The fourth-order valence-corrected chi connectivity index (χ4v) is 6.00. The summed E-state index contributed by atoms with van der Waals surface area (Å²) >= 11 is 0. The van der Waals surface area contributed by atoms with Crippen LogP contribution in [0.15, 0.2) is 0 Å². The SMILES string of the molecule is CCCCCCCCCCCOC(=O)CCN(CCC[Si](OC)(OC)OC)CCCS(=O)(=O)O. The van der Waals surface area contributed by atoms with Crippen molar-refractivity contribution in [3.63, 3.8) is 0 Å². The number of carbonyl (C=O) groups is 1. The quantitative estimate of drug-likeness (QED) is 0.0849.